The van der Waals surface area contributed by atoms with Crippen molar-refractivity contribution in [2.24, 2.45) is 17.8 Å². The van der Waals surface area contributed by atoms with E-state index in [9.17, 15) is 43.2 Å². The Labute approximate surface area is 537 Å². The third-order valence-corrected chi connectivity index (χ3v) is 17.8. The lowest BCUT2D eigenvalue weighted by atomic mass is 10.0. The average Bonchev–Trinajstić information content (AvgIpc) is 3.68. The lowest BCUT2D eigenvalue weighted by Crippen LogP contribution is -2.30. The Morgan fingerprint density at radius 1 is 0.307 bits per heavy atom. The SMILES string of the molecule is CCCCCCCCCCCCCCCCCC(=O)O[C@H](COC(=O)CCCCCCCCCCC(C)C)COP(=O)(O)OC[C@@H](O)COP(=O)(O)OC[C@@H](COC(=O)CCCCCCCCCCC(C)C)OC(=O)CCCCCCCCCCC(C)C. The van der Waals surface area contributed by atoms with Crippen molar-refractivity contribution in [2.75, 3.05) is 39.6 Å². The Balaban J connectivity index is 5.25. The third-order valence-electron chi connectivity index (χ3n) is 15.9. The Kier molecular flexibility index (Phi) is 58.7. The molecule has 0 aliphatic carbocycles. The number of aliphatic hydroxyl groups is 1. The van der Waals surface area contributed by atoms with Gasteiger partial charge in [-0.25, -0.2) is 9.13 Å². The van der Waals surface area contributed by atoms with Crippen LogP contribution in [0.4, 0.5) is 0 Å². The monoisotopic (exact) mass is 1300 g/mol. The van der Waals surface area contributed by atoms with Gasteiger partial charge >= 0.3 is 39.5 Å². The number of rotatable bonds is 67. The summed E-state index contributed by atoms with van der Waals surface area (Å²) >= 11 is 0. The van der Waals surface area contributed by atoms with Crippen LogP contribution in [-0.2, 0) is 65.4 Å². The number of hydrogen-bond donors (Lipinski definition) is 3. The molecular formula is C69H134O17P2. The van der Waals surface area contributed by atoms with Crippen LogP contribution in [0.25, 0.3) is 0 Å². The van der Waals surface area contributed by atoms with Gasteiger partial charge in [-0.15, -0.1) is 0 Å². The maximum Gasteiger partial charge on any atom is 0.472 e. The molecule has 522 valence electrons. The number of hydrogen-bond acceptors (Lipinski definition) is 15. The lowest BCUT2D eigenvalue weighted by Gasteiger charge is -2.21. The predicted molar refractivity (Wildman–Crippen MR) is 354 cm³/mol. The van der Waals surface area contributed by atoms with Gasteiger partial charge in [0.1, 0.15) is 19.3 Å². The molecule has 0 rings (SSSR count). The average molecular weight is 1300 g/mol. The highest BCUT2D eigenvalue weighted by atomic mass is 31.2. The van der Waals surface area contributed by atoms with Gasteiger partial charge in [-0.3, -0.25) is 37.3 Å². The Morgan fingerprint density at radius 2 is 0.523 bits per heavy atom. The zero-order valence-corrected chi connectivity index (χ0v) is 59.0. The molecule has 0 aromatic carbocycles. The van der Waals surface area contributed by atoms with Gasteiger partial charge in [0.2, 0.25) is 0 Å². The minimum absolute atomic E-state index is 0.104. The molecule has 0 fully saturated rings. The predicted octanol–water partition coefficient (Wildman–Crippen LogP) is 19.5. The molecule has 88 heavy (non-hydrogen) atoms. The molecule has 0 radical (unpaired) electrons. The number of aliphatic hydroxyl groups excluding tert-OH is 1. The first kappa shape index (κ1) is 86.1. The van der Waals surface area contributed by atoms with Crippen LogP contribution in [0, 0.1) is 17.8 Å². The van der Waals surface area contributed by atoms with Crippen molar-refractivity contribution in [3.8, 4) is 0 Å². The van der Waals surface area contributed by atoms with Crippen molar-refractivity contribution in [2.45, 2.75) is 362 Å². The number of carbonyl (C=O) groups is 4. The summed E-state index contributed by atoms with van der Waals surface area (Å²) in [4.78, 5) is 72.5. The molecule has 0 saturated carbocycles. The van der Waals surface area contributed by atoms with Crippen molar-refractivity contribution in [3.05, 3.63) is 0 Å². The summed E-state index contributed by atoms with van der Waals surface area (Å²) in [6.45, 7) is 11.7. The summed E-state index contributed by atoms with van der Waals surface area (Å²) in [6, 6.07) is 0. The number of unbranched alkanes of at least 4 members (excludes halogenated alkanes) is 35. The molecule has 0 aromatic heterocycles. The molecule has 0 saturated heterocycles. The van der Waals surface area contributed by atoms with Crippen LogP contribution in [0.5, 0.6) is 0 Å². The zero-order chi connectivity index (χ0) is 65.2. The van der Waals surface area contributed by atoms with Crippen LogP contribution in [0.15, 0.2) is 0 Å². The second-order valence-corrected chi connectivity index (χ2v) is 29.3. The molecule has 0 spiro atoms. The minimum atomic E-state index is -4.95. The summed E-state index contributed by atoms with van der Waals surface area (Å²) in [6.07, 6.45) is 43.1. The molecule has 0 bridgehead atoms. The fourth-order valence-electron chi connectivity index (χ4n) is 10.4. The van der Waals surface area contributed by atoms with Gasteiger partial charge in [-0.1, -0.05) is 292 Å². The van der Waals surface area contributed by atoms with Crippen LogP contribution >= 0.6 is 15.6 Å². The zero-order valence-electron chi connectivity index (χ0n) is 57.2. The lowest BCUT2D eigenvalue weighted by molar-refractivity contribution is -0.161. The molecule has 17 nitrogen and oxygen atoms in total. The van der Waals surface area contributed by atoms with Crippen molar-refractivity contribution in [1.82, 2.24) is 0 Å². The molecule has 0 aromatic rings. The van der Waals surface area contributed by atoms with E-state index in [1.807, 2.05) is 0 Å². The highest BCUT2D eigenvalue weighted by Gasteiger charge is 2.30. The maximum atomic E-state index is 13.0. The van der Waals surface area contributed by atoms with Crippen molar-refractivity contribution in [3.63, 3.8) is 0 Å². The summed E-state index contributed by atoms with van der Waals surface area (Å²) in [5.74, 6) is 0.0415. The second kappa shape index (κ2) is 60.0. The quantitative estimate of drug-likeness (QED) is 0.0222. The van der Waals surface area contributed by atoms with Gasteiger partial charge in [0, 0.05) is 25.7 Å². The first-order valence-electron chi connectivity index (χ1n) is 35.8. The van der Waals surface area contributed by atoms with Gasteiger partial charge in [0.05, 0.1) is 26.4 Å². The van der Waals surface area contributed by atoms with Gasteiger partial charge in [0.15, 0.2) is 12.2 Å². The first-order chi connectivity index (χ1) is 42.2. The van der Waals surface area contributed by atoms with Gasteiger partial charge in [0.25, 0.3) is 0 Å². The summed E-state index contributed by atoms with van der Waals surface area (Å²) in [5.41, 5.74) is 0. The normalized spacial score (nSPS) is 14.2. The van der Waals surface area contributed by atoms with Crippen LogP contribution < -0.4 is 0 Å². The van der Waals surface area contributed by atoms with E-state index >= 15 is 0 Å². The van der Waals surface area contributed by atoms with E-state index in [0.717, 1.165) is 108 Å². The number of ether oxygens (including phenoxy) is 4. The molecule has 5 atom stereocenters. The molecule has 0 amide bonds. The summed E-state index contributed by atoms with van der Waals surface area (Å²) < 4.78 is 68.2. The van der Waals surface area contributed by atoms with Crippen LogP contribution in [0.1, 0.15) is 344 Å². The molecule has 0 heterocycles. The van der Waals surface area contributed by atoms with E-state index in [4.69, 9.17) is 37.0 Å². The Bertz CT molecular complexity index is 1730. The molecular weight excluding hydrogens is 1160 g/mol. The Morgan fingerprint density at radius 3 is 0.773 bits per heavy atom. The second-order valence-electron chi connectivity index (χ2n) is 26.3. The van der Waals surface area contributed by atoms with Gasteiger partial charge < -0.3 is 33.8 Å². The highest BCUT2D eigenvalue weighted by Crippen LogP contribution is 2.45. The van der Waals surface area contributed by atoms with Crippen molar-refractivity contribution < 1.29 is 80.2 Å². The van der Waals surface area contributed by atoms with Crippen molar-refractivity contribution in [1.29, 1.82) is 0 Å². The number of phosphoric acid groups is 2. The van der Waals surface area contributed by atoms with Gasteiger partial charge in [-0.05, 0) is 43.4 Å². The first-order valence-corrected chi connectivity index (χ1v) is 38.8. The smallest absolute Gasteiger partial charge is 0.462 e. The fraction of sp³-hybridized carbons (Fsp3) is 0.942. The standard InChI is InChI=1S/C69H134O17P2/c1-8-9-10-11-12-13-14-15-16-17-18-19-31-38-45-52-68(73)85-64(56-79-66(71)50-43-36-29-23-20-26-33-40-47-60(2)3)58-83-87(75,76)81-54-63(70)55-82-88(77,78)84-59-65(86-69(74)53-46-39-32-25-22-28-35-42-49-62(6)7)57-80-67(72)51-44-37-30-24-21-27-34-41-48-61(4)5/h60-65,70H,8-59H2,1-7H3,(H,75,76)(H,77,78)/t63-,64-,65-/m1/s1. The molecule has 0 aliphatic heterocycles. The van der Waals surface area contributed by atoms with Gasteiger partial charge in [-0.2, -0.15) is 0 Å². The van der Waals surface area contributed by atoms with E-state index in [1.165, 1.54) is 154 Å². The summed E-state index contributed by atoms with van der Waals surface area (Å²) in [7, 11) is -9.90. The van der Waals surface area contributed by atoms with E-state index < -0.39 is 97.5 Å². The number of phosphoric ester groups is 2. The molecule has 3 N–H and O–H groups in total. The van der Waals surface area contributed by atoms with Crippen LogP contribution in [-0.4, -0.2) is 96.7 Å². The Hall–Kier alpha value is -1.94. The van der Waals surface area contributed by atoms with Crippen LogP contribution in [0.2, 0.25) is 0 Å². The van der Waals surface area contributed by atoms with E-state index in [-0.39, 0.29) is 25.7 Å². The topological polar surface area (TPSA) is 237 Å². The third kappa shape index (κ3) is 62.8. The fourth-order valence-corrected chi connectivity index (χ4v) is 11.9. The van der Waals surface area contributed by atoms with Crippen LogP contribution in [0.3, 0.4) is 0 Å². The summed E-state index contributed by atoms with van der Waals surface area (Å²) in [5, 5.41) is 10.6. The molecule has 0 aliphatic rings. The largest absolute Gasteiger partial charge is 0.472 e. The van der Waals surface area contributed by atoms with E-state index in [0.29, 0.717) is 25.7 Å². The number of carbonyl (C=O) groups excluding carboxylic acids is 4. The van der Waals surface area contributed by atoms with E-state index in [1.54, 1.807) is 0 Å². The molecule has 19 heteroatoms. The number of esters is 4. The minimum Gasteiger partial charge on any atom is -0.462 e. The van der Waals surface area contributed by atoms with E-state index in [2.05, 4.69) is 48.5 Å². The van der Waals surface area contributed by atoms with Crippen molar-refractivity contribution >= 4 is 39.5 Å². The molecule has 2 unspecified atom stereocenters. The highest BCUT2D eigenvalue weighted by molar-refractivity contribution is 7.47. The maximum absolute atomic E-state index is 13.0.